The largest absolute Gasteiger partial charge is 0.464 e. The van der Waals surface area contributed by atoms with Crippen molar-refractivity contribution >= 4 is 16.9 Å². The van der Waals surface area contributed by atoms with Crippen LogP contribution in [0.15, 0.2) is 59.2 Å². The van der Waals surface area contributed by atoms with Gasteiger partial charge in [-0.3, -0.25) is 4.79 Å². The van der Waals surface area contributed by atoms with Crippen LogP contribution in [0.3, 0.4) is 0 Å². The first kappa shape index (κ1) is 14.4. The zero-order valence-electron chi connectivity index (χ0n) is 12.6. The maximum atomic E-state index is 12.3. The highest BCUT2D eigenvalue weighted by Gasteiger charge is 2.11. The Kier molecular flexibility index (Phi) is 4.24. The van der Waals surface area contributed by atoms with Gasteiger partial charge in [0, 0.05) is 11.9 Å². The summed E-state index contributed by atoms with van der Waals surface area (Å²) in [7, 11) is 0. The van der Waals surface area contributed by atoms with Crippen LogP contribution in [0.1, 0.15) is 28.4 Å². The van der Waals surface area contributed by atoms with Gasteiger partial charge in [-0.1, -0.05) is 37.3 Å². The first-order valence-corrected chi connectivity index (χ1v) is 7.61. The van der Waals surface area contributed by atoms with Gasteiger partial charge in [-0.2, -0.15) is 0 Å². The van der Waals surface area contributed by atoms with Crippen LogP contribution in [0, 0.1) is 0 Å². The van der Waals surface area contributed by atoms with Crippen molar-refractivity contribution in [3.63, 3.8) is 0 Å². The van der Waals surface area contributed by atoms with Crippen molar-refractivity contribution in [1.82, 2.24) is 5.32 Å². The van der Waals surface area contributed by atoms with E-state index in [9.17, 15) is 4.79 Å². The SMILES string of the molecule is CCc1ccccc1CCNC(=O)c1cccc2occc12. The van der Waals surface area contributed by atoms with Crippen LogP contribution in [-0.2, 0) is 12.8 Å². The molecule has 0 bridgehead atoms. The van der Waals surface area contributed by atoms with E-state index in [1.165, 1.54) is 11.1 Å². The third-order valence-corrected chi connectivity index (χ3v) is 3.92. The molecule has 0 aliphatic rings. The average molecular weight is 293 g/mol. The van der Waals surface area contributed by atoms with Crippen LogP contribution >= 0.6 is 0 Å². The minimum absolute atomic E-state index is 0.0546. The fraction of sp³-hybridized carbons (Fsp3) is 0.211. The summed E-state index contributed by atoms with van der Waals surface area (Å²) in [6.45, 7) is 2.78. The van der Waals surface area contributed by atoms with Crippen molar-refractivity contribution in [1.29, 1.82) is 0 Å². The minimum atomic E-state index is -0.0546. The summed E-state index contributed by atoms with van der Waals surface area (Å²) in [6.07, 6.45) is 3.47. The summed E-state index contributed by atoms with van der Waals surface area (Å²) < 4.78 is 5.33. The van der Waals surface area contributed by atoms with E-state index >= 15 is 0 Å². The Morgan fingerprint density at radius 1 is 1.05 bits per heavy atom. The topological polar surface area (TPSA) is 42.2 Å². The molecular weight excluding hydrogens is 274 g/mol. The van der Waals surface area contributed by atoms with Gasteiger partial charge in [0.05, 0.1) is 11.8 Å². The summed E-state index contributed by atoms with van der Waals surface area (Å²) in [5.41, 5.74) is 4.04. The van der Waals surface area contributed by atoms with Crippen molar-refractivity contribution in [3.8, 4) is 0 Å². The summed E-state index contributed by atoms with van der Waals surface area (Å²) in [6, 6.07) is 15.7. The summed E-state index contributed by atoms with van der Waals surface area (Å²) >= 11 is 0. The standard InChI is InChI=1S/C19H19NO2/c1-2-14-6-3-4-7-15(14)10-12-20-19(21)17-8-5-9-18-16(17)11-13-22-18/h3-9,11,13H,2,10,12H2,1H3,(H,20,21). The molecular formula is C19H19NO2. The van der Waals surface area contributed by atoms with Crippen LogP contribution in [0.4, 0.5) is 0 Å². The number of benzene rings is 2. The maximum absolute atomic E-state index is 12.3. The molecule has 0 aliphatic heterocycles. The molecule has 0 radical (unpaired) electrons. The predicted molar refractivity (Wildman–Crippen MR) is 88.1 cm³/mol. The Morgan fingerprint density at radius 3 is 2.68 bits per heavy atom. The number of hydrogen-bond donors (Lipinski definition) is 1. The zero-order valence-corrected chi connectivity index (χ0v) is 12.6. The third kappa shape index (κ3) is 2.89. The number of nitrogens with one attached hydrogen (secondary N) is 1. The second kappa shape index (κ2) is 6.48. The van der Waals surface area contributed by atoms with E-state index in [-0.39, 0.29) is 5.91 Å². The number of furan rings is 1. The van der Waals surface area contributed by atoms with E-state index in [1.807, 2.05) is 30.3 Å². The first-order chi connectivity index (χ1) is 10.8. The summed E-state index contributed by atoms with van der Waals surface area (Å²) in [5, 5.41) is 3.86. The molecule has 0 spiro atoms. The van der Waals surface area contributed by atoms with Crippen molar-refractivity contribution in [3.05, 3.63) is 71.5 Å². The van der Waals surface area contributed by atoms with Gasteiger partial charge in [0.2, 0.25) is 0 Å². The normalized spacial score (nSPS) is 10.8. The summed E-state index contributed by atoms with van der Waals surface area (Å²) in [5.74, 6) is -0.0546. The van der Waals surface area contributed by atoms with Gasteiger partial charge in [-0.15, -0.1) is 0 Å². The van der Waals surface area contributed by atoms with Crippen molar-refractivity contribution in [2.45, 2.75) is 19.8 Å². The third-order valence-electron chi connectivity index (χ3n) is 3.92. The molecule has 3 nitrogen and oxygen atoms in total. The van der Waals surface area contributed by atoms with E-state index < -0.39 is 0 Å². The number of carbonyl (C=O) groups excluding carboxylic acids is 1. The molecule has 3 heteroatoms. The van der Waals surface area contributed by atoms with E-state index in [2.05, 4.69) is 30.4 Å². The fourth-order valence-corrected chi connectivity index (χ4v) is 2.74. The Labute approximate surface area is 130 Å². The lowest BCUT2D eigenvalue weighted by Crippen LogP contribution is -2.26. The van der Waals surface area contributed by atoms with Gasteiger partial charge >= 0.3 is 0 Å². The lowest BCUT2D eigenvalue weighted by molar-refractivity contribution is 0.0955. The number of aryl methyl sites for hydroxylation is 1. The van der Waals surface area contributed by atoms with Crippen molar-refractivity contribution in [2.24, 2.45) is 0 Å². The molecule has 0 atom stereocenters. The molecule has 2 aromatic carbocycles. The zero-order chi connectivity index (χ0) is 15.4. The molecule has 1 heterocycles. The molecule has 3 rings (SSSR count). The molecule has 1 amide bonds. The molecule has 0 aliphatic carbocycles. The highest BCUT2D eigenvalue weighted by atomic mass is 16.3. The molecule has 22 heavy (non-hydrogen) atoms. The Balaban J connectivity index is 1.67. The number of fused-ring (bicyclic) bond motifs is 1. The lowest BCUT2D eigenvalue weighted by Gasteiger charge is -2.09. The predicted octanol–water partition coefficient (Wildman–Crippen LogP) is 3.97. The van der Waals surface area contributed by atoms with Crippen LogP contribution in [0.5, 0.6) is 0 Å². The lowest BCUT2D eigenvalue weighted by atomic mass is 10.0. The first-order valence-electron chi connectivity index (χ1n) is 7.61. The Hall–Kier alpha value is -2.55. The number of amides is 1. The highest BCUT2D eigenvalue weighted by molar-refractivity contribution is 6.05. The molecule has 1 N–H and O–H groups in total. The van der Waals surface area contributed by atoms with Gasteiger partial charge in [0.25, 0.3) is 5.91 Å². The van der Waals surface area contributed by atoms with Gasteiger partial charge < -0.3 is 9.73 Å². The quantitative estimate of drug-likeness (QED) is 0.773. The highest BCUT2D eigenvalue weighted by Crippen LogP contribution is 2.19. The molecule has 1 aromatic heterocycles. The van der Waals surface area contributed by atoms with Crippen LogP contribution in [0.25, 0.3) is 11.0 Å². The van der Waals surface area contributed by atoms with Gasteiger partial charge in [-0.25, -0.2) is 0 Å². The second-order valence-electron chi connectivity index (χ2n) is 5.27. The summed E-state index contributed by atoms with van der Waals surface area (Å²) in [4.78, 5) is 12.3. The van der Waals surface area contributed by atoms with Crippen molar-refractivity contribution < 1.29 is 9.21 Å². The number of rotatable bonds is 5. The van der Waals surface area contributed by atoms with Gasteiger partial charge in [0.15, 0.2) is 0 Å². The van der Waals surface area contributed by atoms with E-state index in [0.717, 1.165) is 23.8 Å². The monoisotopic (exact) mass is 293 g/mol. The average Bonchev–Trinajstić information content (AvgIpc) is 3.03. The fourth-order valence-electron chi connectivity index (χ4n) is 2.74. The molecule has 3 aromatic rings. The molecule has 0 saturated carbocycles. The molecule has 112 valence electrons. The minimum Gasteiger partial charge on any atom is -0.464 e. The van der Waals surface area contributed by atoms with Gasteiger partial charge in [-0.05, 0) is 42.2 Å². The molecule has 0 unspecified atom stereocenters. The number of hydrogen-bond acceptors (Lipinski definition) is 2. The van der Waals surface area contributed by atoms with Gasteiger partial charge in [0.1, 0.15) is 5.58 Å². The van der Waals surface area contributed by atoms with E-state index in [0.29, 0.717) is 12.1 Å². The second-order valence-corrected chi connectivity index (χ2v) is 5.27. The van der Waals surface area contributed by atoms with Crippen LogP contribution < -0.4 is 5.32 Å². The molecule has 0 saturated heterocycles. The smallest absolute Gasteiger partial charge is 0.252 e. The van der Waals surface area contributed by atoms with Crippen LogP contribution in [-0.4, -0.2) is 12.5 Å². The number of carbonyl (C=O) groups is 1. The maximum Gasteiger partial charge on any atom is 0.252 e. The molecule has 0 fully saturated rings. The van der Waals surface area contributed by atoms with Crippen molar-refractivity contribution in [2.75, 3.05) is 6.54 Å². The Morgan fingerprint density at radius 2 is 1.86 bits per heavy atom. The Bertz CT molecular complexity index is 789. The van der Waals surface area contributed by atoms with E-state index in [1.54, 1.807) is 6.26 Å². The van der Waals surface area contributed by atoms with E-state index in [4.69, 9.17) is 4.42 Å². The van der Waals surface area contributed by atoms with Crippen LogP contribution in [0.2, 0.25) is 0 Å².